The third-order valence-electron chi connectivity index (χ3n) is 2.28. The molecule has 0 aliphatic rings. The fraction of sp³-hybridized carbons (Fsp3) is 0.455. The van der Waals surface area contributed by atoms with E-state index in [4.69, 9.17) is 23.2 Å². The summed E-state index contributed by atoms with van der Waals surface area (Å²) in [6.07, 6.45) is 0.883. The number of alkyl halides is 3. The summed E-state index contributed by atoms with van der Waals surface area (Å²) < 4.78 is 55.2. The quantitative estimate of drug-likeness (QED) is 0.493. The molecule has 0 atom stereocenters. The van der Waals surface area contributed by atoms with E-state index in [1.807, 2.05) is 0 Å². The van der Waals surface area contributed by atoms with E-state index >= 15 is 0 Å². The first-order valence-corrected chi connectivity index (χ1v) is 9.11. The van der Waals surface area contributed by atoms with Gasteiger partial charge in [-0.1, -0.05) is 11.6 Å². The Labute approximate surface area is 139 Å². The number of hydrogen-bond donors (Lipinski definition) is 1. The summed E-state index contributed by atoms with van der Waals surface area (Å²) in [5, 5.41) is 0.168. The highest BCUT2D eigenvalue weighted by atomic mass is 79.9. The average Bonchev–Trinajstić information content (AvgIpc) is 2.33. The molecule has 21 heavy (non-hydrogen) atoms. The summed E-state index contributed by atoms with van der Waals surface area (Å²) in [5.41, 5.74) is -0.152. The molecule has 0 radical (unpaired) electrons. The van der Waals surface area contributed by atoms with E-state index in [1.54, 1.807) is 0 Å². The second kappa shape index (κ2) is 8.36. The highest BCUT2D eigenvalue weighted by molar-refractivity contribution is 9.10. The minimum atomic E-state index is -3.71. The van der Waals surface area contributed by atoms with E-state index in [0.717, 1.165) is 0 Å². The van der Waals surface area contributed by atoms with E-state index in [2.05, 4.69) is 25.4 Å². The third kappa shape index (κ3) is 6.54. The fourth-order valence-corrected chi connectivity index (χ4v) is 3.72. The molecule has 0 amide bonds. The molecule has 10 heteroatoms. The van der Waals surface area contributed by atoms with Crippen LogP contribution in [0.25, 0.3) is 0 Å². The highest BCUT2D eigenvalue weighted by Gasteiger charge is 2.19. The molecule has 0 fully saturated rings. The number of sulfonamides is 1. The van der Waals surface area contributed by atoms with E-state index in [1.165, 1.54) is 12.1 Å². The van der Waals surface area contributed by atoms with Gasteiger partial charge < -0.3 is 4.74 Å². The summed E-state index contributed by atoms with van der Waals surface area (Å²) in [6.45, 7) is -3.10. The molecule has 1 aromatic rings. The normalized spacial score (nSPS) is 11.7. The van der Waals surface area contributed by atoms with Crippen molar-refractivity contribution in [1.29, 1.82) is 0 Å². The van der Waals surface area contributed by atoms with Crippen molar-refractivity contribution in [3.8, 4) is 5.75 Å². The standard InChI is InChI=1S/C11H12BrCl2F2NO3S/c12-8-5-7(14)6-9(10(8)20-11(15)16)17-21(18,19)4-2-1-3-13/h5-6,11,17H,1-4H2. The van der Waals surface area contributed by atoms with Gasteiger partial charge >= 0.3 is 6.61 Å². The maximum absolute atomic E-state index is 12.4. The van der Waals surface area contributed by atoms with E-state index in [9.17, 15) is 17.2 Å². The summed E-state index contributed by atoms with van der Waals surface area (Å²) >= 11 is 14.3. The Morgan fingerprint density at radius 2 is 2.00 bits per heavy atom. The van der Waals surface area contributed by atoms with Crippen molar-refractivity contribution in [3.63, 3.8) is 0 Å². The second-order valence-corrected chi connectivity index (χ2v) is 7.47. The van der Waals surface area contributed by atoms with E-state index in [-0.39, 0.29) is 26.7 Å². The number of halogens is 5. The molecular formula is C11H12BrCl2F2NO3S. The summed E-state index contributed by atoms with van der Waals surface area (Å²) in [4.78, 5) is 0. The molecule has 0 unspecified atom stereocenters. The molecule has 0 heterocycles. The van der Waals surface area contributed by atoms with E-state index < -0.39 is 16.6 Å². The van der Waals surface area contributed by atoms with Gasteiger partial charge in [0.25, 0.3) is 0 Å². The lowest BCUT2D eigenvalue weighted by molar-refractivity contribution is -0.0498. The number of unbranched alkanes of at least 4 members (excludes halogenated alkanes) is 1. The molecule has 0 aliphatic carbocycles. The number of nitrogens with one attached hydrogen (secondary N) is 1. The topological polar surface area (TPSA) is 55.4 Å². The Morgan fingerprint density at radius 1 is 1.33 bits per heavy atom. The monoisotopic (exact) mass is 425 g/mol. The van der Waals surface area contributed by atoms with Crippen molar-refractivity contribution >= 4 is 54.8 Å². The maximum Gasteiger partial charge on any atom is 0.387 e. The molecule has 1 rings (SSSR count). The molecule has 1 N–H and O–H groups in total. The van der Waals surface area contributed by atoms with Gasteiger partial charge in [0, 0.05) is 10.9 Å². The molecule has 0 spiro atoms. The number of rotatable bonds is 8. The van der Waals surface area contributed by atoms with Crippen molar-refractivity contribution in [3.05, 3.63) is 21.6 Å². The van der Waals surface area contributed by atoms with Gasteiger partial charge in [-0.25, -0.2) is 8.42 Å². The third-order valence-corrected chi connectivity index (χ3v) is 4.71. The van der Waals surface area contributed by atoms with Crippen LogP contribution >= 0.6 is 39.1 Å². The molecule has 0 aliphatic heterocycles. The zero-order valence-electron chi connectivity index (χ0n) is 10.6. The van der Waals surface area contributed by atoms with Gasteiger partial charge in [0.15, 0.2) is 5.75 Å². The van der Waals surface area contributed by atoms with Gasteiger partial charge in [0.2, 0.25) is 10.0 Å². The van der Waals surface area contributed by atoms with Crippen LogP contribution in [0, 0.1) is 0 Å². The van der Waals surface area contributed by atoms with E-state index in [0.29, 0.717) is 18.7 Å². The van der Waals surface area contributed by atoms with Crippen LogP contribution < -0.4 is 9.46 Å². The lowest BCUT2D eigenvalue weighted by atomic mass is 10.3. The van der Waals surface area contributed by atoms with Gasteiger partial charge in [0.05, 0.1) is 15.9 Å². The van der Waals surface area contributed by atoms with Crippen molar-refractivity contribution < 1.29 is 21.9 Å². The largest absolute Gasteiger partial charge is 0.431 e. The average molecular weight is 427 g/mol. The Hall–Kier alpha value is -0.310. The summed E-state index contributed by atoms with van der Waals surface area (Å²) in [5.74, 6) is -0.161. The molecule has 0 saturated carbocycles. The SMILES string of the molecule is O=S(=O)(CCCCCl)Nc1cc(Cl)cc(Br)c1OC(F)F. The smallest absolute Gasteiger partial charge is 0.387 e. The van der Waals surface area contributed by atoms with Crippen molar-refractivity contribution in [2.75, 3.05) is 16.4 Å². The number of hydrogen-bond acceptors (Lipinski definition) is 3. The Kier molecular flexibility index (Phi) is 7.46. The summed E-state index contributed by atoms with van der Waals surface area (Å²) in [7, 11) is -3.71. The second-order valence-electron chi connectivity index (χ2n) is 3.96. The highest BCUT2D eigenvalue weighted by Crippen LogP contribution is 2.38. The van der Waals surface area contributed by atoms with Crippen LogP contribution in [0.3, 0.4) is 0 Å². The van der Waals surface area contributed by atoms with Gasteiger partial charge in [-0.05, 0) is 40.9 Å². The predicted octanol–water partition coefficient (Wildman–Crippen LogP) is 4.46. The van der Waals surface area contributed by atoms with Crippen molar-refractivity contribution in [2.24, 2.45) is 0 Å². The lowest BCUT2D eigenvalue weighted by Crippen LogP contribution is -2.18. The minimum Gasteiger partial charge on any atom is -0.431 e. The first-order valence-electron chi connectivity index (χ1n) is 5.75. The molecule has 4 nitrogen and oxygen atoms in total. The molecule has 0 bridgehead atoms. The van der Waals surface area contributed by atoms with Gasteiger partial charge in [-0.2, -0.15) is 8.78 Å². The minimum absolute atomic E-state index is 0.119. The Morgan fingerprint density at radius 3 is 2.57 bits per heavy atom. The fourth-order valence-electron chi connectivity index (χ4n) is 1.45. The van der Waals surface area contributed by atoms with Crippen molar-refractivity contribution in [1.82, 2.24) is 0 Å². The first kappa shape index (κ1) is 18.7. The van der Waals surface area contributed by atoms with Crippen LogP contribution in [0.15, 0.2) is 16.6 Å². The van der Waals surface area contributed by atoms with Crippen LogP contribution in [0.4, 0.5) is 14.5 Å². The van der Waals surface area contributed by atoms with Crippen LogP contribution in [0.1, 0.15) is 12.8 Å². The molecule has 0 aromatic heterocycles. The summed E-state index contributed by atoms with van der Waals surface area (Å²) in [6, 6.07) is 2.52. The molecule has 0 saturated heterocycles. The van der Waals surface area contributed by atoms with Crippen LogP contribution in [-0.4, -0.2) is 26.7 Å². The van der Waals surface area contributed by atoms with Crippen LogP contribution in [-0.2, 0) is 10.0 Å². The predicted molar refractivity (Wildman–Crippen MR) is 83.1 cm³/mol. The molecule has 1 aromatic carbocycles. The van der Waals surface area contributed by atoms with Gasteiger partial charge in [-0.3, -0.25) is 4.72 Å². The van der Waals surface area contributed by atoms with Crippen molar-refractivity contribution in [2.45, 2.75) is 19.5 Å². The van der Waals surface area contributed by atoms with Crippen LogP contribution in [0.5, 0.6) is 5.75 Å². The van der Waals surface area contributed by atoms with Gasteiger partial charge in [-0.15, -0.1) is 11.6 Å². The molecule has 120 valence electrons. The van der Waals surface area contributed by atoms with Crippen LogP contribution in [0.2, 0.25) is 5.02 Å². The van der Waals surface area contributed by atoms with Gasteiger partial charge in [0.1, 0.15) is 0 Å². The Bertz CT molecular complexity index is 587. The lowest BCUT2D eigenvalue weighted by Gasteiger charge is -2.15. The molecular weight excluding hydrogens is 415 g/mol. The number of anilines is 1. The number of ether oxygens (including phenoxy) is 1. The zero-order chi connectivity index (χ0) is 16.0. The Balaban J connectivity index is 3.00. The maximum atomic E-state index is 12.4. The first-order chi connectivity index (χ1) is 9.75. The zero-order valence-corrected chi connectivity index (χ0v) is 14.5. The number of benzene rings is 1.